The molecule has 0 bridgehead atoms. The maximum absolute atomic E-state index is 13.0. The first-order valence-electron chi connectivity index (χ1n) is 10.7. The molecular formula is C25H29N3O3. The highest BCUT2D eigenvalue weighted by Gasteiger charge is 2.37. The van der Waals surface area contributed by atoms with Crippen LogP contribution in [0.3, 0.4) is 0 Å². The third-order valence-electron chi connectivity index (χ3n) is 5.41. The van der Waals surface area contributed by atoms with Crippen LogP contribution in [0.15, 0.2) is 77.2 Å². The van der Waals surface area contributed by atoms with Gasteiger partial charge in [0.1, 0.15) is 5.60 Å². The molecule has 1 atom stereocenters. The van der Waals surface area contributed by atoms with Gasteiger partial charge in [-0.25, -0.2) is 4.79 Å². The highest BCUT2D eigenvalue weighted by atomic mass is 16.6. The van der Waals surface area contributed by atoms with Crippen LogP contribution in [0.2, 0.25) is 0 Å². The number of carbonyl (C=O) groups excluding carboxylic acids is 2. The fourth-order valence-electron chi connectivity index (χ4n) is 3.95. The van der Waals surface area contributed by atoms with Crippen molar-refractivity contribution in [2.24, 2.45) is 5.92 Å². The average molecular weight is 420 g/mol. The van der Waals surface area contributed by atoms with E-state index in [1.165, 1.54) is 10.6 Å². The number of nitrogens with one attached hydrogen (secondary N) is 1. The monoisotopic (exact) mass is 419 g/mol. The Hall–Kier alpha value is -3.28. The van der Waals surface area contributed by atoms with Crippen LogP contribution in [0.5, 0.6) is 0 Å². The molecule has 0 saturated heterocycles. The van der Waals surface area contributed by atoms with Gasteiger partial charge in [-0.2, -0.15) is 5.01 Å². The van der Waals surface area contributed by atoms with E-state index in [4.69, 9.17) is 4.74 Å². The van der Waals surface area contributed by atoms with Gasteiger partial charge in [-0.15, -0.1) is 0 Å². The molecule has 31 heavy (non-hydrogen) atoms. The Bertz CT molecular complexity index is 1010. The van der Waals surface area contributed by atoms with Crippen LogP contribution in [0, 0.1) is 5.92 Å². The summed E-state index contributed by atoms with van der Waals surface area (Å²) in [5, 5.41) is 1.45. The van der Waals surface area contributed by atoms with Gasteiger partial charge < -0.3 is 9.64 Å². The molecule has 0 spiro atoms. The van der Waals surface area contributed by atoms with Crippen LogP contribution < -0.4 is 10.4 Å². The molecule has 0 radical (unpaired) electrons. The molecule has 1 N–H and O–H groups in total. The van der Waals surface area contributed by atoms with E-state index < -0.39 is 11.7 Å². The zero-order valence-electron chi connectivity index (χ0n) is 18.5. The van der Waals surface area contributed by atoms with E-state index >= 15 is 0 Å². The quantitative estimate of drug-likeness (QED) is 0.694. The lowest BCUT2D eigenvalue weighted by atomic mass is 9.82. The largest absolute Gasteiger partial charge is 0.442 e. The van der Waals surface area contributed by atoms with Crippen molar-refractivity contribution in [1.29, 1.82) is 0 Å². The Morgan fingerprint density at radius 2 is 1.94 bits per heavy atom. The van der Waals surface area contributed by atoms with Gasteiger partial charge in [0.25, 0.3) is 5.91 Å². The smallest absolute Gasteiger partial charge is 0.433 e. The highest BCUT2D eigenvalue weighted by molar-refractivity contribution is 5.93. The fraction of sp³-hybridized carbons (Fsp3) is 0.360. The molecule has 162 valence electrons. The van der Waals surface area contributed by atoms with Crippen LogP contribution in [-0.4, -0.2) is 29.0 Å². The minimum absolute atomic E-state index is 0.0391. The molecule has 1 aromatic carbocycles. The SMILES string of the molecule is CCN1C(=O)C=C(C2=CC2)C2CC(NN(C(=O)OC(C)(C)C)c3ccccc3)=CC=C21. The van der Waals surface area contributed by atoms with Crippen molar-refractivity contribution in [2.45, 2.75) is 46.1 Å². The van der Waals surface area contributed by atoms with Crippen molar-refractivity contribution in [1.82, 2.24) is 10.3 Å². The van der Waals surface area contributed by atoms with Crippen LogP contribution in [0.25, 0.3) is 0 Å². The molecule has 1 heterocycles. The minimum Gasteiger partial charge on any atom is -0.442 e. The molecule has 6 heteroatoms. The Kier molecular flexibility index (Phi) is 5.48. The number of ether oxygens (including phenoxy) is 1. The normalized spacial score (nSPS) is 20.1. The lowest BCUT2D eigenvalue weighted by molar-refractivity contribution is -0.125. The van der Waals surface area contributed by atoms with E-state index in [0.717, 1.165) is 23.4 Å². The molecule has 2 amide bonds. The minimum atomic E-state index is -0.612. The molecule has 1 aliphatic heterocycles. The summed E-state index contributed by atoms with van der Waals surface area (Å²) in [5.74, 6) is 0.132. The van der Waals surface area contributed by atoms with Crippen LogP contribution in [0.1, 0.15) is 40.5 Å². The predicted octanol–water partition coefficient (Wildman–Crippen LogP) is 4.84. The molecule has 0 aromatic heterocycles. The van der Waals surface area contributed by atoms with E-state index in [0.29, 0.717) is 18.7 Å². The van der Waals surface area contributed by atoms with Crippen LogP contribution in [-0.2, 0) is 9.53 Å². The van der Waals surface area contributed by atoms with Gasteiger partial charge in [0.05, 0.1) is 5.69 Å². The maximum Gasteiger partial charge on any atom is 0.433 e. The summed E-state index contributed by atoms with van der Waals surface area (Å²) < 4.78 is 5.63. The number of para-hydroxylation sites is 1. The summed E-state index contributed by atoms with van der Waals surface area (Å²) in [5.41, 5.74) is 7.61. The van der Waals surface area contributed by atoms with E-state index in [1.54, 1.807) is 6.08 Å². The van der Waals surface area contributed by atoms with Gasteiger partial charge in [0, 0.05) is 36.4 Å². The van der Waals surface area contributed by atoms with E-state index in [2.05, 4.69) is 11.5 Å². The van der Waals surface area contributed by atoms with Crippen LogP contribution >= 0.6 is 0 Å². The zero-order chi connectivity index (χ0) is 22.2. The predicted molar refractivity (Wildman–Crippen MR) is 121 cm³/mol. The Labute approximate surface area is 183 Å². The van der Waals surface area contributed by atoms with E-state index in [1.807, 2.05) is 75.1 Å². The second-order valence-corrected chi connectivity index (χ2v) is 8.92. The number of benzene rings is 1. The van der Waals surface area contributed by atoms with Crippen molar-refractivity contribution < 1.29 is 14.3 Å². The molecule has 0 saturated carbocycles. The van der Waals surface area contributed by atoms with Crippen molar-refractivity contribution in [3.63, 3.8) is 0 Å². The van der Waals surface area contributed by atoms with Gasteiger partial charge in [-0.1, -0.05) is 24.3 Å². The first-order valence-corrected chi connectivity index (χ1v) is 10.7. The molecule has 4 rings (SSSR count). The van der Waals surface area contributed by atoms with Crippen molar-refractivity contribution in [2.75, 3.05) is 11.6 Å². The number of likely N-dealkylation sites (N-methyl/N-ethyl adjacent to an activating group) is 1. The Balaban J connectivity index is 1.62. The van der Waals surface area contributed by atoms with Crippen LogP contribution in [0.4, 0.5) is 10.5 Å². The number of amides is 2. The van der Waals surface area contributed by atoms with Gasteiger partial charge in [-0.3, -0.25) is 10.2 Å². The molecule has 1 unspecified atom stereocenters. The number of anilines is 1. The summed E-state index contributed by atoms with van der Waals surface area (Å²) in [7, 11) is 0. The van der Waals surface area contributed by atoms with E-state index in [9.17, 15) is 9.59 Å². The second-order valence-electron chi connectivity index (χ2n) is 8.92. The summed E-state index contributed by atoms with van der Waals surface area (Å²) in [4.78, 5) is 27.4. The molecule has 6 nitrogen and oxygen atoms in total. The van der Waals surface area contributed by atoms with Gasteiger partial charge >= 0.3 is 6.09 Å². The van der Waals surface area contributed by atoms with Gasteiger partial charge in [-0.05, 0) is 69.5 Å². The number of allylic oxidation sites excluding steroid dienone is 6. The molecule has 3 aliphatic rings. The number of hydrazine groups is 1. The summed E-state index contributed by atoms with van der Waals surface area (Å²) in [6.45, 7) is 8.17. The first-order chi connectivity index (χ1) is 14.8. The fourth-order valence-corrected chi connectivity index (χ4v) is 3.95. The van der Waals surface area contributed by atoms with Gasteiger partial charge in [0.15, 0.2) is 0 Å². The Morgan fingerprint density at radius 3 is 2.55 bits per heavy atom. The van der Waals surface area contributed by atoms with E-state index in [-0.39, 0.29) is 11.8 Å². The number of hydrogen-bond acceptors (Lipinski definition) is 4. The summed E-state index contributed by atoms with van der Waals surface area (Å²) >= 11 is 0. The standard InChI is InChI=1S/C25H29N3O3/c1-5-27-22-14-13-18(15-21(22)20(16-23(27)29)17-11-12-17)26-28(19-9-7-6-8-10-19)24(30)31-25(2,3)4/h6-11,13-14,16,21,26H,5,12,15H2,1-4H3. The number of hydrogen-bond donors (Lipinski definition) is 1. The molecule has 0 fully saturated rings. The summed E-state index contributed by atoms with van der Waals surface area (Å²) in [6.07, 6.45) is 9.01. The lowest BCUT2D eigenvalue weighted by Crippen LogP contribution is -2.46. The van der Waals surface area contributed by atoms with Gasteiger partial charge in [0.2, 0.25) is 0 Å². The number of fused-ring (bicyclic) bond motifs is 1. The zero-order valence-corrected chi connectivity index (χ0v) is 18.5. The molecule has 2 aliphatic carbocycles. The molecule has 1 aromatic rings. The van der Waals surface area contributed by atoms with Crippen molar-refractivity contribution in [3.05, 3.63) is 77.2 Å². The topological polar surface area (TPSA) is 61.9 Å². The number of rotatable bonds is 5. The number of nitrogens with zero attached hydrogens (tertiary/aromatic N) is 2. The van der Waals surface area contributed by atoms with Crippen molar-refractivity contribution in [3.8, 4) is 0 Å². The second kappa shape index (κ2) is 8.10. The molecular weight excluding hydrogens is 390 g/mol. The third-order valence-corrected chi connectivity index (χ3v) is 5.41. The average Bonchev–Trinajstić information content (AvgIpc) is 3.56. The maximum atomic E-state index is 13.0. The third kappa shape index (κ3) is 4.58. The summed E-state index contributed by atoms with van der Waals surface area (Å²) in [6, 6.07) is 9.40. The van der Waals surface area contributed by atoms with Crippen molar-refractivity contribution >= 4 is 17.7 Å². The number of carbonyl (C=O) groups is 2. The Morgan fingerprint density at radius 1 is 1.23 bits per heavy atom. The lowest BCUT2D eigenvalue weighted by Gasteiger charge is -2.38. The highest BCUT2D eigenvalue weighted by Crippen LogP contribution is 2.43. The first kappa shape index (κ1) is 21.0.